The Labute approximate surface area is 217 Å². The van der Waals surface area contributed by atoms with E-state index >= 15 is 0 Å². The molecule has 204 valence electrons. The van der Waals surface area contributed by atoms with Gasteiger partial charge in [0.1, 0.15) is 11.5 Å². The minimum atomic E-state index is -4.97. The number of fused-ring (bicyclic) bond motifs is 4. The zero-order valence-corrected chi connectivity index (χ0v) is 21.0. The SMILES string of the molecule is CCCN1C(=O)[C@H]2[C@H](CC=C3[C@H]2C[C@H]2C(=O)N(CCC)C(=O)[C@H]2[C@H]3c2cc(OC(F)(F)F)ccc2O)C1=O. The Morgan fingerprint density at radius 2 is 1.50 bits per heavy atom. The van der Waals surface area contributed by atoms with Crippen molar-refractivity contribution in [2.75, 3.05) is 13.1 Å². The van der Waals surface area contributed by atoms with Crippen LogP contribution in [0.5, 0.6) is 11.5 Å². The summed E-state index contributed by atoms with van der Waals surface area (Å²) in [5.74, 6) is -6.94. The number of rotatable bonds is 6. The highest BCUT2D eigenvalue weighted by Crippen LogP contribution is 2.59. The van der Waals surface area contributed by atoms with Gasteiger partial charge in [0.15, 0.2) is 0 Å². The first-order valence-electron chi connectivity index (χ1n) is 13.0. The second-order valence-electron chi connectivity index (χ2n) is 10.4. The molecule has 2 aliphatic carbocycles. The molecule has 4 amide bonds. The van der Waals surface area contributed by atoms with Gasteiger partial charge >= 0.3 is 6.36 Å². The van der Waals surface area contributed by atoms with Gasteiger partial charge in [0.25, 0.3) is 0 Å². The van der Waals surface area contributed by atoms with E-state index in [1.807, 2.05) is 13.8 Å². The van der Waals surface area contributed by atoms with Crippen molar-refractivity contribution in [3.8, 4) is 11.5 Å². The average molecular weight is 535 g/mol. The zero-order valence-electron chi connectivity index (χ0n) is 21.0. The average Bonchev–Trinajstić information content (AvgIpc) is 3.24. The van der Waals surface area contributed by atoms with Crippen LogP contribution in [0.3, 0.4) is 0 Å². The number of allylic oxidation sites excluding steroid dienone is 2. The number of carbonyl (C=O) groups is 4. The van der Waals surface area contributed by atoms with Crippen LogP contribution in [0.1, 0.15) is 51.0 Å². The fourth-order valence-electron chi connectivity index (χ4n) is 6.93. The normalized spacial score (nSPS) is 30.8. The number of benzene rings is 1. The predicted molar refractivity (Wildman–Crippen MR) is 126 cm³/mol. The van der Waals surface area contributed by atoms with Crippen molar-refractivity contribution in [2.45, 2.75) is 51.8 Å². The van der Waals surface area contributed by atoms with E-state index in [2.05, 4.69) is 4.74 Å². The minimum absolute atomic E-state index is 0.0258. The fraction of sp³-hybridized carbons (Fsp3) is 0.556. The molecular weight excluding hydrogens is 505 g/mol. The molecule has 2 aliphatic heterocycles. The number of nitrogens with zero attached hydrogens (tertiary/aromatic N) is 2. The van der Waals surface area contributed by atoms with Gasteiger partial charge in [-0.1, -0.05) is 25.5 Å². The molecule has 5 rings (SSSR count). The summed E-state index contributed by atoms with van der Waals surface area (Å²) in [7, 11) is 0. The summed E-state index contributed by atoms with van der Waals surface area (Å²) in [5.41, 5.74) is 0.629. The number of phenolic OH excluding ortho intramolecular Hbond substituents is 1. The van der Waals surface area contributed by atoms with Crippen LogP contribution in [0.4, 0.5) is 13.2 Å². The third-order valence-corrected chi connectivity index (χ3v) is 8.29. The number of amides is 4. The number of hydrogen-bond donors (Lipinski definition) is 1. The first-order chi connectivity index (χ1) is 18.0. The molecule has 1 saturated carbocycles. The Morgan fingerprint density at radius 3 is 2.11 bits per heavy atom. The summed E-state index contributed by atoms with van der Waals surface area (Å²) >= 11 is 0. The van der Waals surface area contributed by atoms with Gasteiger partial charge < -0.3 is 9.84 Å². The van der Waals surface area contributed by atoms with E-state index in [1.165, 1.54) is 9.80 Å². The molecule has 4 aliphatic rings. The third-order valence-electron chi connectivity index (χ3n) is 8.29. The van der Waals surface area contributed by atoms with Gasteiger partial charge in [0, 0.05) is 24.6 Å². The second kappa shape index (κ2) is 9.43. The first kappa shape index (κ1) is 26.2. The quantitative estimate of drug-likeness (QED) is 0.441. The Bertz CT molecular complexity index is 1230. The van der Waals surface area contributed by atoms with Crippen molar-refractivity contribution in [3.05, 3.63) is 35.4 Å². The van der Waals surface area contributed by atoms with E-state index in [-0.39, 0.29) is 49.1 Å². The summed E-state index contributed by atoms with van der Waals surface area (Å²) in [6, 6.07) is 3.09. The summed E-state index contributed by atoms with van der Waals surface area (Å²) in [5, 5.41) is 10.8. The van der Waals surface area contributed by atoms with Gasteiger partial charge in [-0.15, -0.1) is 13.2 Å². The largest absolute Gasteiger partial charge is 0.573 e. The monoisotopic (exact) mass is 534 g/mol. The number of ether oxygens (including phenoxy) is 1. The van der Waals surface area contributed by atoms with E-state index in [1.54, 1.807) is 6.08 Å². The summed E-state index contributed by atoms with van der Waals surface area (Å²) in [6.07, 6.45) is -1.66. The van der Waals surface area contributed by atoms with Crippen LogP contribution in [-0.2, 0) is 19.2 Å². The van der Waals surface area contributed by atoms with E-state index in [0.29, 0.717) is 18.4 Å². The van der Waals surface area contributed by atoms with E-state index in [4.69, 9.17) is 0 Å². The highest BCUT2D eigenvalue weighted by molar-refractivity contribution is 6.08. The number of likely N-dealkylation sites (tertiary alicyclic amines) is 2. The predicted octanol–water partition coefficient (Wildman–Crippen LogP) is 3.75. The lowest BCUT2D eigenvalue weighted by Gasteiger charge is -2.44. The molecule has 0 unspecified atom stereocenters. The highest BCUT2D eigenvalue weighted by Gasteiger charge is 2.62. The molecule has 1 aromatic rings. The standard InChI is InChI=1S/C27H29F3N2O6/c1-3-9-31-23(34)15-7-6-14-16(21(15)25(31)36)12-18-22(26(37)32(10-4-2)24(18)35)20(14)17-11-13(5-8-19(17)33)38-27(28,29)30/h5-6,8,11,15-16,18,20-22,33H,3-4,7,9-10,12H2,1-2H3/t15-,16+,18+,20+,21-,22+/m0/s1. The highest BCUT2D eigenvalue weighted by atomic mass is 19.4. The van der Waals surface area contributed by atoms with Crippen LogP contribution >= 0.6 is 0 Å². The summed E-state index contributed by atoms with van der Waals surface area (Å²) < 4.78 is 43.1. The smallest absolute Gasteiger partial charge is 0.508 e. The van der Waals surface area contributed by atoms with Gasteiger partial charge in [-0.05, 0) is 49.8 Å². The van der Waals surface area contributed by atoms with Crippen molar-refractivity contribution >= 4 is 23.6 Å². The molecule has 6 atom stereocenters. The molecule has 0 bridgehead atoms. The molecular formula is C27H29F3N2O6. The lowest BCUT2D eigenvalue weighted by molar-refractivity contribution is -0.274. The van der Waals surface area contributed by atoms with Crippen molar-refractivity contribution in [2.24, 2.45) is 29.6 Å². The summed E-state index contributed by atoms with van der Waals surface area (Å²) in [4.78, 5) is 55.9. The number of phenols is 1. The Kier molecular flexibility index (Phi) is 6.51. The van der Waals surface area contributed by atoms with Gasteiger partial charge in [-0.3, -0.25) is 29.0 Å². The van der Waals surface area contributed by atoms with Gasteiger partial charge in [0.05, 0.1) is 23.7 Å². The van der Waals surface area contributed by atoms with Crippen molar-refractivity contribution in [3.63, 3.8) is 0 Å². The molecule has 38 heavy (non-hydrogen) atoms. The fourth-order valence-corrected chi connectivity index (χ4v) is 6.93. The van der Waals surface area contributed by atoms with E-state index in [0.717, 1.165) is 18.2 Å². The molecule has 2 heterocycles. The Hall–Kier alpha value is -3.37. The second-order valence-corrected chi connectivity index (χ2v) is 10.4. The first-order valence-corrected chi connectivity index (χ1v) is 13.0. The van der Waals surface area contributed by atoms with Crippen LogP contribution in [0, 0.1) is 29.6 Å². The van der Waals surface area contributed by atoms with E-state index < -0.39 is 59.4 Å². The number of alkyl halides is 3. The number of hydrogen-bond acceptors (Lipinski definition) is 6. The maximum atomic E-state index is 13.6. The molecule has 11 heteroatoms. The number of carbonyl (C=O) groups excluding carboxylic acids is 4. The number of halogens is 3. The lowest BCUT2D eigenvalue weighted by atomic mass is 9.57. The number of aromatic hydroxyl groups is 1. The minimum Gasteiger partial charge on any atom is -0.508 e. The van der Waals surface area contributed by atoms with Crippen LogP contribution in [0.25, 0.3) is 0 Å². The molecule has 0 aromatic heterocycles. The van der Waals surface area contributed by atoms with Crippen LogP contribution in [0.2, 0.25) is 0 Å². The maximum absolute atomic E-state index is 13.6. The van der Waals surface area contributed by atoms with Gasteiger partial charge in [0.2, 0.25) is 23.6 Å². The zero-order chi connectivity index (χ0) is 27.5. The van der Waals surface area contributed by atoms with Gasteiger partial charge in [-0.2, -0.15) is 0 Å². The molecule has 3 fully saturated rings. The molecule has 1 aromatic carbocycles. The lowest BCUT2D eigenvalue weighted by Crippen LogP contribution is -2.43. The van der Waals surface area contributed by atoms with Crippen molar-refractivity contribution < 1.29 is 42.2 Å². The van der Waals surface area contributed by atoms with E-state index in [9.17, 15) is 37.5 Å². The van der Waals surface area contributed by atoms with Crippen LogP contribution < -0.4 is 4.74 Å². The molecule has 1 N–H and O–H groups in total. The van der Waals surface area contributed by atoms with Crippen molar-refractivity contribution in [1.29, 1.82) is 0 Å². The molecule has 0 spiro atoms. The topological polar surface area (TPSA) is 104 Å². The molecule has 8 nitrogen and oxygen atoms in total. The molecule has 2 saturated heterocycles. The Balaban J connectivity index is 1.63. The maximum Gasteiger partial charge on any atom is 0.573 e. The van der Waals surface area contributed by atoms with Crippen molar-refractivity contribution in [1.82, 2.24) is 9.80 Å². The van der Waals surface area contributed by atoms with Gasteiger partial charge in [-0.25, -0.2) is 0 Å². The Morgan fingerprint density at radius 1 is 0.895 bits per heavy atom. The van der Waals surface area contributed by atoms with Crippen LogP contribution in [0.15, 0.2) is 29.8 Å². The number of imide groups is 2. The van der Waals surface area contributed by atoms with Crippen LogP contribution in [-0.4, -0.2) is 58.0 Å². The third kappa shape index (κ3) is 4.06. The summed E-state index contributed by atoms with van der Waals surface area (Å²) in [6.45, 7) is 4.15. The molecule has 0 radical (unpaired) electrons.